The summed E-state index contributed by atoms with van der Waals surface area (Å²) in [6.07, 6.45) is 0. The minimum atomic E-state index is -4.02. The van der Waals surface area contributed by atoms with E-state index in [9.17, 15) is 13.2 Å². The predicted molar refractivity (Wildman–Crippen MR) is 117 cm³/mol. The standard InChI is InChI=1S/C22H26N2O5S/c1-14(16-9-7-6-8-10-16)13-23-22(25)21-15(2)17-11-19(28-4)20(29-5)12-18(17)24(3)30(21,26)27/h6-12,14H,13H2,1-5H3,(H,23,25). The molecule has 1 aliphatic rings. The minimum Gasteiger partial charge on any atom is -0.493 e. The molecule has 8 heteroatoms. The van der Waals surface area contributed by atoms with E-state index < -0.39 is 15.9 Å². The molecule has 0 aromatic heterocycles. The third kappa shape index (κ3) is 3.75. The number of ether oxygens (including phenoxy) is 2. The van der Waals surface area contributed by atoms with Crippen LogP contribution >= 0.6 is 0 Å². The molecule has 0 spiro atoms. The van der Waals surface area contributed by atoms with E-state index in [1.54, 1.807) is 19.1 Å². The average Bonchev–Trinajstić information content (AvgIpc) is 2.75. The SMILES string of the molecule is COc1cc2c(cc1OC)N(C)S(=O)(=O)C(C(=O)NCC(C)c1ccccc1)=C2C. The lowest BCUT2D eigenvalue weighted by Gasteiger charge is -2.30. The van der Waals surface area contributed by atoms with E-state index in [-0.39, 0.29) is 10.8 Å². The number of sulfonamides is 1. The highest BCUT2D eigenvalue weighted by atomic mass is 32.2. The van der Waals surface area contributed by atoms with Crippen LogP contribution in [0.2, 0.25) is 0 Å². The van der Waals surface area contributed by atoms with E-state index in [0.717, 1.165) is 9.87 Å². The van der Waals surface area contributed by atoms with Gasteiger partial charge in [-0.25, -0.2) is 8.42 Å². The van der Waals surface area contributed by atoms with E-state index in [2.05, 4.69) is 5.32 Å². The number of nitrogens with one attached hydrogen (secondary N) is 1. The van der Waals surface area contributed by atoms with Crippen molar-refractivity contribution in [1.82, 2.24) is 5.32 Å². The van der Waals surface area contributed by atoms with Gasteiger partial charge >= 0.3 is 0 Å². The van der Waals surface area contributed by atoms with Gasteiger partial charge in [0.1, 0.15) is 0 Å². The van der Waals surface area contributed by atoms with Crippen molar-refractivity contribution in [2.45, 2.75) is 19.8 Å². The smallest absolute Gasteiger partial charge is 0.269 e. The van der Waals surface area contributed by atoms with Crippen molar-refractivity contribution in [2.75, 3.05) is 32.1 Å². The maximum atomic E-state index is 13.1. The first kappa shape index (κ1) is 21.7. The molecule has 0 fully saturated rings. The summed E-state index contributed by atoms with van der Waals surface area (Å²) in [7, 11) is 0.395. The highest BCUT2D eigenvalue weighted by Gasteiger charge is 2.38. The summed E-state index contributed by atoms with van der Waals surface area (Å²) in [5.41, 5.74) is 2.47. The first-order valence-corrected chi connectivity index (χ1v) is 11.0. The number of allylic oxidation sites excluding steroid dienone is 1. The molecule has 160 valence electrons. The third-order valence-corrected chi connectivity index (χ3v) is 7.27. The zero-order valence-corrected chi connectivity index (χ0v) is 18.5. The second-order valence-corrected chi connectivity index (χ2v) is 9.08. The molecular weight excluding hydrogens is 404 g/mol. The quantitative estimate of drug-likeness (QED) is 0.761. The zero-order chi connectivity index (χ0) is 22.1. The molecule has 0 bridgehead atoms. The summed E-state index contributed by atoms with van der Waals surface area (Å²) in [5, 5.41) is 2.78. The van der Waals surface area contributed by atoms with Gasteiger partial charge in [-0.2, -0.15) is 0 Å². The molecule has 0 aliphatic carbocycles. The van der Waals surface area contributed by atoms with Gasteiger partial charge in [0.25, 0.3) is 15.9 Å². The monoisotopic (exact) mass is 430 g/mol. The second-order valence-electron chi connectivity index (χ2n) is 7.17. The molecule has 1 aliphatic heterocycles. The number of hydrogen-bond acceptors (Lipinski definition) is 5. The number of amides is 1. The number of carbonyl (C=O) groups is 1. The molecule has 1 heterocycles. The van der Waals surface area contributed by atoms with E-state index in [1.165, 1.54) is 21.3 Å². The van der Waals surface area contributed by atoms with Crippen LogP contribution in [0.3, 0.4) is 0 Å². The number of anilines is 1. The summed E-state index contributed by atoms with van der Waals surface area (Å²) < 4.78 is 38.0. The number of fused-ring (bicyclic) bond motifs is 1. The van der Waals surface area contributed by atoms with Crippen LogP contribution in [-0.2, 0) is 14.8 Å². The van der Waals surface area contributed by atoms with Crippen LogP contribution in [0.1, 0.15) is 30.9 Å². The van der Waals surface area contributed by atoms with Gasteiger partial charge in [-0.15, -0.1) is 0 Å². The minimum absolute atomic E-state index is 0.0386. The summed E-state index contributed by atoms with van der Waals surface area (Å²) in [6, 6.07) is 13.0. The third-order valence-electron chi connectivity index (χ3n) is 5.35. The van der Waals surface area contributed by atoms with Crippen molar-refractivity contribution in [2.24, 2.45) is 0 Å². The normalized spacial score (nSPS) is 16.0. The maximum Gasteiger partial charge on any atom is 0.269 e. The predicted octanol–water partition coefficient (Wildman–Crippen LogP) is 3.13. The lowest BCUT2D eigenvalue weighted by Crippen LogP contribution is -2.40. The molecule has 1 amide bonds. The molecule has 0 radical (unpaired) electrons. The molecule has 2 aromatic rings. The molecule has 0 saturated carbocycles. The fraction of sp³-hybridized carbons (Fsp3) is 0.318. The highest BCUT2D eigenvalue weighted by Crippen LogP contribution is 2.44. The van der Waals surface area contributed by atoms with Gasteiger partial charge in [0.05, 0.1) is 19.9 Å². The lowest BCUT2D eigenvalue weighted by molar-refractivity contribution is -0.116. The van der Waals surface area contributed by atoms with E-state index >= 15 is 0 Å². The summed E-state index contributed by atoms with van der Waals surface area (Å²) in [4.78, 5) is 12.7. The molecule has 1 atom stereocenters. The van der Waals surface area contributed by atoms with Crippen LogP contribution in [0.15, 0.2) is 47.4 Å². The van der Waals surface area contributed by atoms with Gasteiger partial charge < -0.3 is 14.8 Å². The molecule has 1 unspecified atom stereocenters. The van der Waals surface area contributed by atoms with Gasteiger partial charge in [0.15, 0.2) is 16.4 Å². The number of nitrogens with zero attached hydrogens (tertiary/aromatic N) is 1. The Morgan fingerprint density at radius 2 is 1.70 bits per heavy atom. The Hall–Kier alpha value is -3.00. The Kier molecular flexibility index (Phi) is 6.07. The topological polar surface area (TPSA) is 84.9 Å². The average molecular weight is 431 g/mol. The Labute approximate surface area is 177 Å². The molecule has 7 nitrogen and oxygen atoms in total. The lowest BCUT2D eigenvalue weighted by atomic mass is 10.0. The number of rotatable bonds is 6. The maximum absolute atomic E-state index is 13.1. The Bertz CT molecular complexity index is 1090. The van der Waals surface area contributed by atoms with Gasteiger partial charge in [-0.3, -0.25) is 9.10 Å². The van der Waals surface area contributed by atoms with Crippen molar-refractivity contribution in [3.05, 3.63) is 58.5 Å². The first-order valence-electron chi connectivity index (χ1n) is 9.51. The van der Waals surface area contributed by atoms with Crippen LogP contribution in [0.5, 0.6) is 11.5 Å². The molecule has 30 heavy (non-hydrogen) atoms. The van der Waals surface area contributed by atoms with Gasteiger partial charge in [-0.05, 0) is 30.0 Å². The zero-order valence-electron chi connectivity index (χ0n) is 17.7. The summed E-state index contributed by atoms with van der Waals surface area (Å²) >= 11 is 0. The number of benzene rings is 2. The number of carbonyl (C=O) groups excluding carboxylic acids is 1. The van der Waals surface area contributed by atoms with Crippen LogP contribution in [0.4, 0.5) is 5.69 Å². The molecule has 2 aromatic carbocycles. The van der Waals surface area contributed by atoms with E-state index in [0.29, 0.717) is 34.9 Å². The van der Waals surface area contributed by atoms with E-state index in [4.69, 9.17) is 9.47 Å². The summed E-state index contributed by atoms with van der Waals surface area (Å²) in [6.45, 7) is 3.92. The second kappa shape index (κ2) is 8.39. The van der Waals surface area contributed by atoms with E-state index in [1.807, 2.05) is 37.3 Å². The summed E-state index contributed by atoms with van der Waals surface area (Å²) in [5.74, 6) is 0.288. The van der Waals surface area contributed by atoms with Gasteiger partial charge in [0.2, 0.25) is 0 Å². The van der Waals surface area contributed by atoms with Crippen molar-refractivity contribution >= 4 is 27.2 Å². The van der Waals surface area contributed by atoms with Crippen molar-refractivity contribution in [3.63, 3.8) is 0 Å². The largest absolute Gasteiger partial charge is 0.493 e. The molecular formula is C22H26N2O5S. The van der Waals surface area contributed by atoms with Crippen LogP contribution in [0.25, 0.3) is 5.57 Å². The Balaban J connectivity index is 1.97. The molecule has 1 N–H and O–H groups in total. The van der Waals surface area contributed by atoms with Gasteiger partial charge in [-0.1, -0.05) is 37.3 Å². The van der Waals surface area contributed by atoms with Crippen LogP contribution in [0, 0.1) is 0 Å². The van der Waals surface area contributed by atoms with Crippen molar-refractivity contribution in [3.8, 4) is 11.5 Å². The fourth-order valence-electron chi connectivity index (χ4n) is 3.52. The van der Waals surface area contributed by atoms with Crippen LogP contribution < -0.4 is 19.1 Å². The molecule has 3 rings (SSSR count). The Morgan fingerprint density at radius 3 is 2.30 bits per heavy atom. The molecule has 0 saturated heterocycles. The van der Waals surface area contributed by atoms with Crippen LogP contribution in [-0.4, -0.2) is 42.1 Å². The number of methoxy groups -OCH3 is 2. The highest BCUT2D eigenvalue weighted by molar-refractivity contribution is 7.97. The van der Waals surface area contributed by atoms with Gasteiger partial charge in [0, 0.05) is 25.2 Å². The van der Waals surface area contributed by atoms with Crippen molar-refractivity contribution < 1.29 is 22.7 Å². The fourth-order valence-corrected chi connectivity index (χ4v) is 5.01. The van der Waals surface area contributed by atoms with Crippen molar-refractivity contribution in [1.29, 1.82) is 0 Å². The Morgan fingerprint density at radius 1 is 1.10 bits per heavy atom. The first-order chi connectivity index (χ1) is 14.2. The number of hydrogen-bond donors (Lipinski definition) is 1.